The number of benzene rings is 2. The molecular weight excluding hydrogens is 404 g/mol. The number of carbonyl (C=O) groups is 2. The van der Waals surface area contributed by atoms with Crippen molar-refractivity contribution in [3.63, 3.8) is 0 Å². The van der Waals surface area contributed by atoms with Crippen LogP contribution in [0, 0.1) is 5.92 Å². The predicted molar refractivity (Wildman–Crippen MR) is 123 cm³/mol. The van der Waals surface area contributed by atoms with Gasteiger partial charge in [0.2, 0.25) is 11.8 Å². The summed E-state index contributed by atoms with van der Waals surface area (Å²) in [5, 5.41) is 15.7. The van der Waals surface area contributed by atoms with Crippen molar-refractivity contribution in [1.29, 1.82) is 0 Å². The number of rotatable bonds is 9. The van der Waals surface area contributed by atoms with Crippen LogP contribution >= 0.6 is 0 Å². The third-order valence-electron chi connectivity index (χ3n) is 6.28. The van der Waals surface area contributed by atoms with Crippen LogP contribution in [-0.4, -0.2) is 41.8 Å². The van der Waals surface area contributed by atoms with Crippen molar-refractivity contribution in [2.45, 2.75) is 63.3 Å². The molecule has 2 aromatic carbocycles. The van der Waals surface area contributed by atoms with E-state index in [4.69, 9.17) is 4.74 Å². The highest BCUT2D eigenvalue weighted by Crippen LogP contribution is 2.32. The Kier molecular flexibility index (Phi) is 7.55. The van der Waals surface area contributed by atoms with E-state index in [0.29, 0.717) is 31.7 Å². The van der Waals surface area contributed by atoms with Gasteiger partial charge in [0.1, 0.15) is 6.10 Å². The second-order valence-electron chi connectivity index (χ2n) is 8.92. The fourth-order valence-electron chi connectivity index (χ4n) is 4.22. The second kappa shape index (κ2) is 10.7. The maximum atomic E-state index is 12.4. The fourth-order valence-corrected chi connectivity index (χ4v) is 4.22. The highest BCUT2D eigenvalue weighted by Gasteiger charge is 2.34. The van der Waals surface area contributed by atoms with Crippen molar-refractivity contribution in [3.8, 4) is 11.1 Å². The SMILES string of the molecule is O=C(C[C@H]1CC[C@H](NC(=O)CC2CC2)[C@@H](CO)O1)NCc1ccc(-c2ccccc2)cc1. The van der Waals surface area contributed by atoms with Crippen LogP contribution in [0.3, 0.4) is 0 Å². The number of aliphatic hydroxyl groups is 1. The Hall–Kier alpha value is -2.70. The van der Waals surface area contributed by atoms with Crippen molar-refractivity contribution in [3.05, 3.63) is 60.2 Å². The van der Waals surface area contributed by atoms with Crippen LogP contribution in [0.15, 0.2) is 54.6 Å². The molecule has 2 aromatic rings. The third-order valence-corrected chi connectivity index (χ3v) is 6.28. The van der Waals surface area contributed by atoms with Gasteiger partial charge < -0.3 is 20.5 Å². The molecule has 3 atom stereocenters. The summed E-state index contributed by atoms with van der Waals surface area (Å²) in [6.45, 7) is 0.296. The maximum absolute atomic E-state index is 12.4. The van der Waals surface area contributed by atoms with Gasteiger partial charge in [0, 0.05) is 13.0 Å². The Balaban J connectivity index is 1.20. The zero-order chi connectivity index (χ0) is 22.3. The minimum atomic E-state index is -0.463. The Morgan fingerprint density at radius 3 is 2.28 bits per heavy atom. The molecule has 0 spiro atoms. The predicted octanol–water partition coefficient (Wildman–Crippen LogP) is 3.18. The highest BCUT2D eigenvalue weighted by atomic mass is 16.5. The molecule has 6 heteroatoms. The van der Waals surface area contributed by atoms with E-state index in [9.17, 15) is 14.7 Å². The quantitative estimate of drug-likeness (QED) is 0.563. The molecule has 0 radical (unpaired) electrons. The molecule has 4 rings (SSSR count). The summed E-state index contributed by atoms with van der Waals surface area (Å²) in [7, 11) is 0. The van der Waals surface area contributed by atoms with Gasteiger partial charge in [-0.3, -0.25) is 9.59 Å². The summed E-state index contributed by atoms with van der Waals surface area (Å²) in [6, 6.07) is 18.2. The first-order chi connectivity index (χ1) is 15.6. The Morgan fingerprint density at radius 2 is 1.59 bits per heavy atom. The van der Waals surface area contributed by atoms with Crippen LogP contribution in [0.2, 0.25) is 0 Å². The molecule has 1 aliphatic carbocycles. The molecule has 1 saturated heterocycles. The standard InChI is InChI=1S/C26H32N2O4/c29-17-24-23(28-26(31)14-18-6-7-18)13-12-22(32-24)15-25(30)27-16-19-8-10-21(11-9-19)20-4-2-1-3-5-20/h1-5,8-11,18,22-24,29H,6-7,12-17H2,(H,27,30)(H,28,31)/t22-,23+,24-/m1/s1. The lowest BCUT2D eigenvalue weighted by atomic mass is 9.96. The number of aliphatic hydroxyl groups excluding tert-OH is 1. The molecule has 1 aliphatic heterocycles. The van der Waals surface area contributed by atoms with Gasteiger partial charge in [-0.15, -0.1) is 0 Å². The van der Waals surface area contributed by atoms with Gasteiger partial charge in [0.15, 0.2) is 0 Å². The zero-order valence-electron chi connectivity index (χ0n) is 18.3. The number of hydrogen-bond donors (Lipinski definition) is 3. The summed E-state index contributed by atoms with van der Waals surface area (Å²) in [5.74, 6) is 0.488. The summed E-state index contributed by atoms with van der Waals surface area (Å²) >= 11 is 0. The molecule has 1 heterocycles. The molecule has 3 N–H and O–H groups in total. The Bertz CT molecular complexity index is 896. The van der Waals surface area contributed by atoms with E-state index in [0.717, 1.165) is 29.5 Å². The van der Waals surface area contributed by atoms with Gasteiger partial charge in [-0.1, -0.05) is 54.6 Å². The first kappa shape index (κ1) is 22.5. The molecule has 170 valence electrons. The summed E-state index contributed by atoms with van der Waals surface area (Å²) < 4.78 is 5.93. The van der Waals surface area contributed by atoms with Crippen molar-refractivity contribution >= 4 is 11.8 Å². The second-order valence-corrected chi connectivity index (χ2v) is 8.92. The molecule has 32 heavy (non-hydrogen) atoms. The van der Waals surface area contributed by atoms with Crippen LogP contribution in [0.25, 0.3) is 11.1 Å². The Labute approximate surface area is 189 Å². The zero-order valence-corrected chi connectivity index (χ0v) is 18.3. The lowest BCUT2D eigenvalue weighted by molar-refractivity contribution is -0.136. The van der Waals surface area contributed by atoms with E-state index in [1.54, 1.807) is 0 Å². The molecule has 0 bridgehead atoms. The van der Waals surface area contributed by atoms with Crippen LogP contribution in [0.5, 0.6) is 0 Å². The van der Waals surface area contributed by atoms with E-state index >= 15 is 0 Å². The van der Waals surface area contributed by atoms with Crippen LogP contribution in [0.4, 0.5) is 0 Å². The van der Waals surface area contributed by atoms with E-state index in [1.165, 1.54) is 0 Å². The van der Waals surface area contributed by atoms with Gasteiger partial charge in [-0.05, 0) is 48.3 Å². The molecule has 2 fully saturated rings. The van der Waals surface area contributed by atoms with E-state index in [2.05, 4.69) is 34.9 Å². The topological polar surface area (TPSA) is 87.7 Å². The average Bonchev–Trinajstić information content (AvgIpc) is 3.63. The monoisotopic (exact) mass is 436 g/mol. The third kappa shape index (κ3) is 6.40. The van der Waals surface area contributed by atoms with Gasteiger partial charge in [-0.25, -0.2) is 0 Å². The molecule has 2 aliphatic rings. The smallest absolute Gasteiger partial charge is 0.222 e. The lowest BCUT2D eigenvalue weighted by Gasteiger charge is -2.36. The molecule has 0 aromatic heterocycles. The molecule has 2 amide bonds. The number of nitrogens with one attached hydrogen (secondary N) is 2. The van der Waals surface area contributed by atoms with Crippen LogP contribution in [-0.2, 0) is 20.9 Å². The van der Waals surface area contributed by atoms with Gasteiger partial charge >= 0.3 is 0 Å². The minimum absolute atomic E-state index is 0.0361. The highest BCUT2D eigenvalue weighted by molar-refractivity contribution is 5.77. The van der Waals surface area contributed by atoms with Crippen molar-refractivity contribution < 1.29 is 19.4 Å². The first-order valence-corrected chi connectivity index (χ1v) is 11.6. The lowest BCUT2D eigenvalue weighted by Crippen LogP contribution is -2.51. The average molecular weight is 437 g/mol. The summed E-state index contributed by atoms with van der Waals surface area (Å²) in [4.78, 5) is 24.5. The summed E-state index contributed by atoms with van der Waals surface area (Å²) in [6.07, 6.45) is 3.76. The summed E-state index contributed by atoms with van der Waals surface area (Å²) in [5.41, 5.74) is 3.34. The molecule has 6 nitrogen and oxygen atoms in total. The first-order valence-electron chi connectivity index (χ1n) is 11.6. The van der Waals surface area contributed by atoms with E-state index < -0.39 is 6.10 Å². The minimum Gasteiger partial charge on any atom is -0.394 e. The van der Waals surface area contributed by atoms with Crippen LogP contribution in [0.1, 0.15) is 44.1 Å². The van der Waals surface area contributed by atoms with E-state index in [-0.39, 0.29) is 37.0 Å². The van der Waals surface area contributed by atoms with Crippen molar-refractivity contribution in [2.75, 3.05) is 6.61 Å². The Morgan fingerprint density at radius 1 is 0.875 bits per heavy atom. The van der Waals surface area contributed by atoms with Gasteiger partial charge in [-0.2, -0.15) is 0 Å². The maximum Gasteiger partial charge on any atom is 0.222 e. The van der Waals surface area contributed by atoms with Crippen molar-refractivity contribution in [1.82, 2.24) is 10.6 Å². The number of ether oxygens (including phenoxy) is 1. The largest absolute Gasteiger partial charge is 0.394 e. The molecular formula is C26H32N2O4. The van der Waals surface area contributed by atoms with Crippen LogP contribution < -0.4 is 10.6 Å². The number of amides is 2. The van der Waals surface area contributed by atoms with Crippen molar-refractivity contribution in [2.24, 2.45) is 5.92 Å². The normalized spacial score (nSPS) is 22.8. The van der Waals surface area contributed by atoms with Gasteiger partial charge in [0.25, 0.3) is 0 Å². The fraction of sp³-hybridized carbons (Fsp3) is 0.462. The van der Waals surface area contributed by atoms with Gasteiger partial charge in [0.05, 0.1) is 25.2 Å². The molecule has 0 unspecified atom stereocenters. The number of carbonyl (C=O) groups excluding carboxylic acids is 2. The number of hydrogen-bond acceptors (Lipinski definition) is 4. The van der Waals surface area contributed by atoms with E-state index in [1.807, 2.05) is 30.3 Å². The molecule has 1 saturated carbocycles.